The molecule has 0 aliphatic rings. The summed E-state index contributed by atoms with van der Waals surface area (Å²) in [5.41, 5.74) is -1.33. The van der Waals surface area contributed by atoms with Crippen molar-refractivity contribution in [2.24, 2.45) is 0 Å². The third kappa shape index (κ3) is 3.47. The van der Waals surface area contributed by atoms with Crippen LogP contribution in [-0.4, -0.2) is 33.2 Å². The van der Waals surface area contributed by atoms with Gasteiger partial charge in [0.25, 0.3) is 0 Å². The van der Waals surface area contributed by atoms with Crippen LogP contribution in [0.15, 0.2) is 17.0 Å². The normalized spacial score (nSPS) is 9.24. The largest absolute Gasteiger partial charge is 1.00 e. The maximum atomic E-state index is 10.7. The van der Waals surface area contributed by atoms with Gasteiger partial charge in [-0.15, -0.1) is 12.6 Å². The number of hydrogen-bond acceptors (Lipinski definition) is 4. The van der Waals surface area contributed by atoms with Crippen LogP contribution < -0.4 is 29.6 Å². The Morgan fingerprint density at radius 1 is 0.882 bits per heavy atom. The SMILES string of the molecule is O=C(O)c1cc(C(=O)O)c(S)c(C(=O)O)c1.[Na+]. The number of aromatic carboxylic acids is 3. The van der Waals surface area contributed by atoms with E-state index >= 15 is 0 Å². The minimum atomic E-state index is -1.43. The number of thiol groups is 1. The Bertz CT molecular complexity index is 463. The second-order valence-electron chi connectivity index (χ2n) is 2.84. The van der Waals surface area contributed by atoms with E-state index in [4.69, 9.17) is 15.3 Å². The number of carboxylic acids is 3. The van der Waals surface area contributed by atoms with Gasteiger partial charge in [-0.05, 0) is 12.1 Å². The summed E-state index contributed by atoms with van der Waals surface area (Å²) in [5.74, 6) is -4.27. The van der Waals surface area contributed by atoms with Gasteiger partial charge in [-0.1, -0.05) is 0 Å². The zero-order valence-electron chi connectivity index (χ0n) is 8.67. The van der Waals surface area contributed by atoms with Crippen molar-refractivity contribution >= 4 is 30.5 Å². The Morgan fingerprint density at radius 3 is 1.47 bits per heavy atom. The molecule has 0 saturated carbocycles. The van der Waals surface area contributed by atoms with Gasteiger partial charge in [0, 0.05) is 4.90 Å². The molecule has 3 N–H and O–H groups in total. The van der Waals surface area contributed by atoms with E-state index < -0.39 is 34.6 Å². The van der Waals surface area contributed by atoms with Crippen LogP contribution in [0, 0.1) is 0 Å². The Hall–Kier alpha value is -1.02. The molecule has 1 aromatic carbocycles. The number of carboxylic acid groups (broad SMARTS) is 3. The summed E-state index contributed by atoms with van der Waals surface area (Å²) >= 11 is 3.75. The Kier molecular flexibility index (Phi) is 5.70. The number of benzene rings is 1. The number of hydrogen-bond donors (Lipinski definition) is 4. The van der Waals surface area contributed by atoms with Gasteiger partial charge in [-0.25, -0.2) is 14.4 Å². The summed E-state index contributed by atoms with van der Waals surface area (Å²) in [6.07, 6.45) is 0. The van der Waals surface area contributed by atoms with Crippen molar-refractivity contribution < 1.29 is 59.3 Å². The van der Waals surface area contributed by atoms with Crippen LogP contribution in [0.4, 0.5) is 0 Å². The molecule has 8 heteroatoms. The summed E-state index contributed by atoms with van der Waals surface area (Å²) in [5, 5.41) is 26.2. The molecule has 6 nitrogen and oxygen atoms in total. The van der Waals surface area contributed by atoms with Crippen LogP contribution in [0.3, 0.4) is 0 Å². The van der Waals surface area contributed by atoms with Crippen LogP contribution in [-0.2, 0) is 0 Å². The predicted octanol–water partition coefficient (Wildman–Crippen LogP) is -1.93. The minimum absolute atomic E-state index is 0. The Morgan fingerprint density at radius 2 is 1.24 bits per heavy atom. The molecule has 0 spiro atoms. The molecule has 0 fully saturated rings. The maximum Gasteiger partial charge on any atom is 1.00 e. The molecule has 0 unspecified atom stereocenters. The first kappa shape index (κ1) is 16.0. The molecule has 0 bridgehead atoms. The molecule has 0 heterocycles. The second-order valence-corrected chi connectivity index (χ2v) is 3.28. The molecule has 0 aliphatic heterocycles. The van der Waals surface area contributed by atoms with Gasteiger partial charge >= 0.3 is 47.5 Å². The summed E-state index contributed by atoms with van der Waals surface area (Å²) in [6.45, 7) is 0. The van der Waals surface area contributed by atoms with Crippen molar-refractivity contribution in [2.75, 3.05) is 0 Å². The molecule has 1 rings (SSSR count). The van der Waals surface area contributed by atoms with E-state index in [1.54, 1.807) is 0 Å². The van der Waals surface area contributed by atoms with Crippen LogP contribution in [0.2, 0.25) is 0 Å². The van der Waals surface area contributed by atoms with Gasteiger partial charge in [-0.3, -0.25) is 0 Å². The van der Waals surface area contributed by atoms with Gasteiger partial charge in [0.15, 0.2) is 0 Å². The van der Waals surface area contributed by atoms with Gasteiger partial charge in [-0.2, -0.15) is 0 Å². The summed E-state index contributed by atoms with van der Waals surface area (Å²) in [4.78, 5) is 31.9. The minimum Gasteiger partial charge on any atom is -0.478 e. The van der Waals surface area contributed by atoms with Crippen molar-refractivity contribution in [3.63, 3.8) is 0 Å². The zero-order chi connectivity index (χ0) is 12.5. The van der Waals surface area contributed by atoms with E-state index in [-0.39, 0.29) is 34.5 Å². The smallest absolute Gasteiger partial charge is 0.478 e. The first-order chi connectivity index (χ1) is 7.34. The molecule has 0 aromatic heterocycles. The van der Waals surface area contributed by atoms with Crippen LogP contribution in [0.1, 0.15) is 31.1 Å². The zero-order valence-corrected chi connectivity index (χ0v) is 11.6. The maximum absolute atomic E-state index is 10.7. The third-order valence-electron chi connectivity index (χ3n) is 1.82. The second kappa shape index (κ2) is 6.06. The molecular formula is C9H6NaO6S+. The fourth-order valence-corrected chi connectivity index (χ4v) is 1.40. The number of carbonyl (C=O) groups is 3. The standard InChI is InChI=1S/C9H6O6S.Na/c10-7(11)3-1-4(8(12)13)6(16)5(2-3)9(14)15;/h1-2,16H,(H,10,11)(H,12,13)(H,14,15);/q;+1. The fourth-order valence-electron chi connectivity index (χ4n) is 1.08. The van der Waals surface area contributed by atoms with E-state index in [1.165, 1.54) is 0 Å². The topological polar surface area (TPSA) is 112 Å². The van der Waals surface area contributed by atoms with E-state index in [0.29, 0.717) is 0 Å². The third-order valence-corrected chi connectivity index (χ3v) is 2.30. The van der Waals surface area contributed by atoms with Crippen molar-refractivity contribution in [1.29, 1.82) is 0 Å². The van der Waals surface area contributed by atoms with Crippen LogP contribution in [0.25, 0.3) is 0 Å². The van der Waals surface area contributed by atoms with Crippen LogP contribution in [0.5, 0.6) is 0 Å². The molecule has 0 amide bonds. The molecule has 17 heavy (non-hydrogen) atoms. The van der Waals surface area contributed by atoms with E-state index in [9.17, 15) is 14.4 Å². The van der Waals surface area contributed by atoms with Crippen molar-refractivity contribution in [1.82, 2.24) is 0 Å². The molecule has 84 valence electrons. The van der Waals surface area contributed by atoms with Crippen molar-refractivity contribution in [3.05, 3.63) is 28.8 Å². The average Bonchev–Trinajstić information content (AvgIpc) is 2.16. The molecule has 0 atom stereocenters. The van der Waals surface area contributed by atoms with Gasteiger partial charge in [0.1, 0.15) is 0 Å². The summed E-state index contributed by atoms with van der Waals surface area (Å²) in [7, 11) is 0. The molecule has 0 saturated heterocycles. The van der Waals surface area contributed by atoms with E-state index in [0.717, 1.165) is 12.1 Å². The Balaban J connectivity index is 0.00000256. The molecule has 0 radical (unpaired) electrons. The first-order valence-electron chi connectivity index (χ1n) is 3.91. The average molecular weight is 265 g/mol. The van der Waals surface area contributed by atoms with E-state index in [2.05, 4.69) is 12.6 Å². The van der Waals surface area contributed by atoms with Crippen molar-refractivity contribution in [2.45, 2.75) is 4.90 Å². The van der Waals surface area contributed by atoms with Crippen LogP contribution >= 0.6 is 12.6 Å². The van der Waals surface area contributed by atoms with Gasteiger partial charge in [0.05, 0.1) is 16.7 Å². The predicted molar refractivity (Wildman–Crippen MR) is 54.6 cm³/mol. The number of rotatable bonds is 3. The monoisotopic (exact) mass is 265 g/mol. The summed E-state index contributed by atoms with van der Waals surface area (Å²) in [6, 6.07) is 1.72. The van der Waals surface area contributed by atoms with Crippen molar-refractivity contribution in [3.8, 4) is 0 Å². The molecule has 1 aromatic rings. The fraction of sp³-hybridized carbons (Fsp3) is 0. The van der Waals surface area contributed by atoms with Gasteiger partial charge in [0.2, 0.25) is 0 Å². The van der Waals surface area contributed by atoms with E-state index in [1.807, 2.05) is 0 Å². The molecular weight excluding hydrogens is 259 g/mol. The summed E-state index contributed by atoms with van der Waals surface area (Å²) < 4.78 is 0. The first-order valence-corrected chi connectivity index (χ1v) is 4.36. The van der Waals surface area contributed by atoms with Gasteiger partial charge < -0.3 is 15.3 Å². The molecule has 0 aliphatic carbocycles. The quantitative estimate of drug-likeness (QED) is 0.374. The Labute approximate surface area is 123 Å².